The molecular weight excluding hydrogens is 383 g/mol. The minimum Gasteiger partial charge on any atom is -0.207 e. The third-order valence-electron chi connectivity index (χ3n) is 8.33. The summed E-state index contributed by atoms with van der Waals surface area (Å²) in [6, 6.07) is 15.9. The highest BCUT2D eigenvalue weighted by atomic mass is 28.1. The van der Waals surface area contributed by atoms with Gasteiger partial charge in [-0.15, -0.1) is 0 Å². The van der Waals surface area contributed by atoms with Crippen LogP contribution in [0.25, 0.3) is 11.1 Å². The first-order chi connectivity index (χ1) is 14.6. The molecule has 4 rings (SSSR count). The van der Waals surface area contributed by atoms with Gasteiger partial charge in [-0.3, -0.25) is 0 Å². The Labute approximate surface area is 186 Å². The van der Waals surface area contributed by atoms with Gasteiger partial charge in [0.15, 0.2) is 0 Å². The van der Waals surface area contributed by atoms with Crippen LogP contribution in [0.5, 0.6) is 0 Å². The minimum atomic E-state index is -0.118. The van der Waals surface area contributed by atoms with E-state index in [-0.39, 0.29) is 5.82 Å². The van der Waals surface area contributed by atoms with Crippen molar-refractivity contribution in [1.29, 1.82) is 0 Å². The van der Waals surface area contributed by atoms with E-state index < -0.39 is 0 Å². The average molecular weight is 423 g/mol. The van der Waals surface area contributed by atoms with Crippen LogP contribution < -0.4 is 0 Å². The smallest absolute Gasteiger partial charge is 0.126 e. The van der Waals surface area contributed by atoms with Gasteiger partial charge in [0.2, 0.25) is 0 Å². The highest BCUT2D eigenvalue weighted by molar-refractivity contribution is 6.08. The number of rotatable bonds is 6. The van der Waals surface area contributed by atoms with Crippen LogP contribution in [-0.2, 0) is 6.42 Å². The molecule has 0 heterocycles. The van der Waals surface area contributed by atoms with Crippen molar-refractivity contribution in [3.63, 3.8) is 0 Å². The second-order valence-corrected chi connectivity index (χ2v) is 11.0. The first-order valence-electron chi connectivity index (χ1n) is 12.5. The van der Waals surface area contributed by atoms with Gasteiger partial charge in [0.1, 0.15) is 5.82 Å². The quantitative estimate of drug-likeness (QED) is 0.434. The molecule has 2 heteroatoms. The Bertz CT molecular complexity index is 796. The summed E-state index contributed by atoms with van der Waals surface area (Å²) < 4.78 is 13.9. The molecule has 162 valence electrons. The molecule has 0 unspecified atom stereocenters. The van der Waals surface area contributed by atoms with E-state index in [1.165, 1.54) is 86.1 Å². The molecule has 0 saturated heterocycles. The fraction of sp³-hybridized carbons (Fsp3) is 0.571. The third-order valence-corrected chi connectivity index (χ3v) is 9.48. The molecule has 0 bridgehead atoms. The second kappa shape index (κ2) is 10.3. The van der Waals surface area contributed by atoms with Crippen LogP contribution in [0.3, 0.4) is 0 Å². The van der Waals surface area contributed by atoms with Gasteiger partial charge in [-0.25, -0.2) is 4.39 Å². The lowest BCUT2D eigenvalue weighted by molar-refractivity contribution is 0.148. The fourth-order valence-electron chi connectivity index (χ4n) is 6.02. The van der Waals surface area contributed by atoms with Crippen molar-refractivity contribution < 1.29 is 4.39 Å². The topological polar surface area (TPSA) is 0 Å². The van der Waals surface area contributed by atoms with Crippen molar-refractivity contribution in [1.82, 2.24) is 0 Å². The molecule has 0 radical (unpaired) electrons. The van der Waals surface area contributed by atoms with E-state index in [1.54, 1.807) is 6.07 Å². The van der Waals surface area contributed by atoms with Crippen LogP contribution in [0.4, 0.5) is 4.39 Å². The van der Waals surface area contributed by atoms with Crippen LogP contribution in [0.2, 0.25) is 6.04 Å². The Morgan fingerprint density at radius 2 is 1.33 bits per heavy atom. The van der Waals surface area contributed by atoms with Crippen LogP contribution in [-0.4, -0.2) is 10.2 Å². The summed E-state index contributed by atoms with van der Waals surface area (Å²) in [5.41, 5.74) is 4.21. The molecule has 30 heavy (non-hydrogen) atoms. The van der Waals surface area contributed by atoms with E-state index >= 15 is 0 Å². The zero-order chi connectivity index (χ0) is 20.9. The normalized spacial score (nSPS) is 27.3. The summed E-state index contributed by atoms with van der Waals surface area (Å²) in [4.78, 5) is 0. The fourth-order valence-corrected chi connectivity index (χ4v) is 6.84. The van der Waals surface area contributed by atoms with E-state index in [0.717, 1.165) is 34.8 Å². The molecule has 0 aromatic heterocycles. The van der Waals surface area contributed by atoms with Crippen LogP contribution in [0.15, 0.2) is 42.5 Å². The first-order valence-corrected chi connectivity index (χ1v) is 13.9. The standard InChI is InChI=1S/C28H39FSi/c1-20-2-11-27(18-28(20)29)26-14-7-22(8-15-26)4-3-21-5-12-24(13-6-21)25-16-9-23(19-30)10-17-25/h2,7-8,11,14-15,18,21,23-25H,3-6,9-10,12-13,16-17,19H2,1,30H3. The van der Waals surface area contributed by atoms with Crippen LogP contribution >= 0.6 is 0 Å². The summed E-state index contributed by atoms with van der Waals surface area (Å²) in [7, 11) is 1.40. The van der Waals surface area contributed by atoms with Gasteiger partial charge >= 0.3 is 0 Å². The Morgan fingerprint density at radius 1 is 0.767 bits per heavy atom. The maximum absolute atomic E-state index is 13.9. The van der Waals surface area contributed by atoms with Crippen LogP contribution in [0.1, 0.15) is 68.9 Å². The van der Waals surface area contributed by atoms with Crippen molar-refractivity contribution in [3.05, 3.63) is 59.4 Å². The molecule has 0 amide bonds. The second-order valence-electron chi connectivity index (χ2n) is 10.2. The Kier molecular flexibility index (Phi) is 7.46. The molecule has 0 nitrogen and oxygen atoms in total. The number of halogens is 1. The highest BCUT2D eigenvalue weighted by Crippen LogP contribution is 2.42. The molecular formula is C28H39FSi. The predicted molar refractivity (Wildman–Crippen MR) is 131 cm³/mol. The number of hydrogen-bond acceptors (Lipinski definition) is 0. The van der Waals surface area contributed by atoms with Gasteiger partial charge in [-0.1, -0.05) is 68.1 Å². The lowest BCUT2D eigenvalue weighted by Crippen LogP contribution is -2.26. The maximum Gasteiger partial charge on any atom is 0.126 e. The molecule has 0 aliphatic heterocycles. The van der Waals surface area contributed by atoms with E-state index in [0.29, 0.717) is 5.56 Å². The summed E-state index contributed by atoms with van der Waals surface area (Å²) in [6.45, 7) is 1.81. The van der Waals surface area contributed by atoms with Gasteiger partial charge in [-0.05, 0) is 97.4 Å². The van der Waals surface area contributed by atoms with Crippen molar-refractivity contribution in [2.45, 2.75) is 77.2 Å². The molecule has 2 aromatic carbocycles. The van der Waals surface area contributed by atoms with E-state index in [1.807, 2.05) is 19.1 Å². The van der Waals surface area contributed by atoms with Crippen molar-refractivity contribution in [3.8, 4) is 11.1 Å². The third kappa shape index (κ3) is 5.44. The molecule has 0 N–H and O–H groups in total. The predicted octanol–water partition coefficient (Wildman–Crippen LogP) is 7.13. The van der Waals surface area contributed by atoms with E-state index in [4.69, 9.17) is 0 Å². The van der Waals surface area contributed by atoms with Gasteiger partial charge in [-0.2, -0.15) is 0 Å². The minimum absolute atomic E-state index is 0.118. The lowest BCUT2D eigenvalue weighted by atomic mass is 9.69. The lowest BCUT2D eigenvalue weighted by Gasteiger charge is -2.37. The highest BCUT2D eigenvalue weighted by Gasteiger charge is 2.30. The largest absolute Gasteiger partial charge is 0.207 e. The zero-order valence-corrected chi connectivity index (χ0v) is 21.0. The molecule has 2 fully saturated rings. The molecule has 2 aliphatic rings. The van der Waals surface area contributed by atoms with E-state index in [2.05, 4.69) is 24.3 Å². The summed E-state index contributed by atoms with van der Waals surface area (Å²) in [5.74, 6) is 3.97. The molecule has 2 aliphatic carbocycles. The van der Waals surface area contributed by atoms with Crippen molar-refractivity contribution in [2.24, 2.45) is 23.7 Å². The number of hydrogen-bond donors (Lipinski definition) is 0. The molecule has 2 aromatic rings. The summed E-state index contributed by atoms with van der Waals surface area (Å²) >= 11 is 0. The molecule has 0 spiro atoms. The van der Waals surface area contributed by atoms with Gasteiger partial charge in [0.25, 0.3) is 0 Å². The van der Waals surface area contributed by atoms with Gasteiger partial charge in [0, 0.05) is 10.2 Å². The van der Waals surface area contributed by atoms with Crippen molar-refractivity contribution >= 4 is 10.2 Å². The Hall–Kier alpha value is -1.41. The van der Waals surface area contributed by atoms with E-state index in [9.17, 15) is 4.39 Å². The van der Waals surface area contributed by atoms with Gasteiger partial charge < -0.3 is 0 Å². The zero-order valence-electron chi connectivity index (χ0n) is 19.0. The molecule has 0 atom stereocenters. The average Bonchev–Trinajstić information content (AvgIpc) is 2.80. The summed E-state index contributed by atoms with van der Waals surface area (Å²) in [6.07, 6.45) is 14.5. The van der Waals surface area contributed by atoms with Crippen LogP contribution in [0, 0.1) is 36.4 Å². The Balaban J connectivity index is 1.22. The number of aryl methyl sites for hydroxylation is 2. The maximum atomic E-state index is 13.9. The summed E-state index contributed by atoms with van der Waals surface area (Å²) in [5, 5.41) is 0. The monoisotopic (exact) mass is 422 g/mol. The molecule has 2 saturated carbocycles. The number of benzene rings is 2. The SMILES string of the molecule is Cc1ccc(-c2ccc(CCC3CCC(C4CCC(C[SiH3])CC4)CC3)cc2)cc1F. The van der Waals surface area contributed by atoms with Crippen molar-refractivity contribution in [2.75, 3.05) is 0 Å². The van der Waals surface area contributed by atoms with Gasteiger partial charge in [0.05, 0.1) is 0 Å². The Morgan fingerprint density at radius 3 is 1.90 bits per heavy atom. The first kappa shape index (κ1) is 21.8.